The van der Waals surface area contributed by atoms with E-state index in [1.807, 2.05) is 0 Å². The van der Waals surface area contributed by atoms with E-state index in [4.69, 9.17) is 15.0 Å². The van der Waals surface area contributed by atoms with Gasteiger partial charge in [0.2, 0.25) is 11.9 Å². The molecule has 8 heteroatoms. The Labute approximate surface area is 491 Å². The van der Waals surface area contributed by atoms with Crippen LogP contribution < -0.4 is 21.3 Å². The maximum absolute atomic E-state index is 5.74. The Morgan fingerprint density at radius 1 is 0.329 bits per heavy atom. The lowest BCUT2D eigenvalue weighted by molar-refractivity contribution is 0.590. The van der Waals surface area contributed by atoms with E-state index in [9.17, 15) is 0 Å². The van der Waals surface area contributed by atoms with Gasteiger partial charge in [-0.15, -0.1) is 0 Å². The van der Waals surface area contributed by atoms with E-state index in [0.717, 1.165) is 77.4 Å². The maximum Gasteiger partial charge on any atom is 0.252 e. The Morgan fingerprint density at radius 3 is 1.29 bits per heavy atom. The van der Waals surface area contributed by atoms with Crippen LogP contribution in [0.5, 0.6) is 0 Å². The summed E-state index contributed by atoms with van der Waals surface area (Å²) in [4.78, 5) is 19.6. The Hall–Kier alpha value is -10.3. The van der Waals surface area contributed by atoms with Gasteiger partial charge in [-0.1, -0.05) is 211 Å². The van der Waals surface area contributed by atoms with E-state index < -0.39 is 0 Å². The van der Waals surface area contributed by atoms with E-state index in [1.54, 1.807) is 0 Å². The van der Waals surface area contributed by atoms with Gasteiger partial charge in [-0.25, -0.2) is 0 Å². The van der Waals surface area contributed by atoms with Crippen molar-refractivity contribution in [2.75, 3.05) is 4.90 Å². The highest BCUT2D eigenvalue weighted by atomic mass is 15.3. The first-order chi connectivity index (χ1) is 41.5. The van der Waals surface area contributed by atoms with Crippen LogP contribution in [0.15, 0.2) is 231 Å². The van der Waals surface area contributed by atoms with Crippen LogP contribution in [0.4, 0.5) is 17.1 Å². The van der Waals surface area contributed by atoms with E-state index >= 15 is 0 Å². The molecule has 12 aromatic carbocycles. The first-order valence-electron chi connectivity index (χ1n) is 29.7. The molecule has 0 aliphatic carbocycles. The summed E-state index contributed by atoms with van der Waals surface area (Å²) in [5.41, 5.74) is 18.1. The van der Waals surface area contributed by atoms with Crippen molar-refractivity contribution in [3.05, 3.63) is 242 Å². The molecule has 2 aliphatic rings. The molecule has 0 N–H and O–H groups in total. The second kappa shape index (κ2) is 17.1. The average molecular weight is 1090 g/mol. The fourth-order valence-corrected chi connectivity index (χ4v) is 14.9. The molecule has 0 saturated heterocycles. The number of anilines is 3. The molecule has 0 radical (unpaired) electrons. The van der Waals surface area contributed by atoms with Gasteiger partial charge in [-0.3, -0.25) is 9.13 Å². The third-order valence-corrected chi connectivity index (χ3v) is 18.8. The molecular weight excluding hydrogens is 1030 g/mol. The molecule has 0 saturated carbocycles. The van der Waals surface area contributed by atoms with Crippen molar-refractivity contribution in [1.82, 2.24) is 28.7 Å². The number of benzene rings is 12. The van der Waals surface area contributed by atoms with E-state index in [1.165, 1.54) is 76.1 Å². The number of nitrogens with zero attached hydrogens (tertiary/aromatic N) is 7. The van der Waals surface area contributed by atoms with Gasteiger partial charge in [0.25, 0.3) is 6.71 Å². The van der Waals surface area contributed by atoms with Gasteiger partial charge < -0.3 is 9.47 Å². The smallest absolute Gasteiger partial charge is 0.252 e. The Bertz CT molecular complexity index is 5350. The highest BCUT2D eigenvalue weighted by Crippen LogP contribution is 2.48. The molecule has 2 aliphatic heterocycles. The van der Waals surface area contributed by atoms with Gasteiger partial charge in [0, 0.05) is 66.0 Å². The van der Waals surface area contributed by atoms with Crippen LogP contribution in [0.2, 0.25) is 0 Å². The summed E-state index contributed by atoms with van der Waals surface area (Å²) >= 11 is 0. The van der Waals surface area contributed by atoms with Gasteiger partial charge in [-0.05, 0) is 126 Å². The molecule has 7 nitrogen and oxygen atoms in total. The summed E-state index contributed by atoms with van der Waals surface area (Å²) in [6.07, 6.45) is 0. The first-order valence-corrected chi connectivity index (χ1v) is 29.7. The predicted molar refractivity (Wildman–Crippen MR) is 358 cm³/mol. The summed E-state index contributed by atoms with van der Waals surface area (Å²) in [5, 5.41) is 14.7. The molecule has 85 heavy (non-hydrogen) atoms. The third kappa shape index (κ3) is 6.70. The van der Waals surface area contributed by atoms with Crippen LogP contribution in [-0.2, 0) is 10.8 Å². The lowest BCUT2D eigenvalue weighted by Crippen LogP contribution is -2.60. The van der Waals surface area contributed by atoms with Crippen molar-refractivity contribution >= 4 is 138 Å². The van der Waals surface area contributed by atoms with Gasteiger partial charge in [0.15, 0.2) is 5.82 Å². The molecule has 0 amide bonds. The molecule has 16 aromatic rings. The van der Waals surface area contributed by atoms with Crippen molar-refractivity contribution in [2.24, 2.45) is 0 Å². The zero-order valence-corrected chi connectivity index (χ0v) is 48.1. The number of aromatic nitrogens is 6. The molecule has 0 unspecified atom stereocenters. The molecule has 0 atom stereocenters. The predicted octanol–water partition coefficient (Wildman–Crippen LogP) is 17.5. The maximum atomic E-state index is 5.74. The van der Waals surface area contributed by atoms with Crippen LogP contribution in [0.25, 0.3) is 127 Å². The lowest BCUT2D eigenvalue weighted by atomic mass is 9.33. The summed E-state index contributed by atoms with van der Waals surface area (Å²) in [6, 6.07) is 85.6. The minimum Gasteiger partial charge on any atom is -0.311 e. The normalized spacial score (nSPS) is 13.2. The van der Waals surface area contributed by atoms with Crippen molar-refractivity contribution in [3.8, 4) is 29.0 Å². The monoisotopic (exact) mass is 1090 g/mol. The van der Waals surface area contributed by atoms with E-state index in [0.29, 0.717) is 17.7 Å². The third-order valence-electron chi connectivity index (χ3n) is 18.8. The van der Waals surface area contributed by atoms with E-state index in [2.05, 4.69) is 291 Å². The van der Waals surface area contributed by atoms with Crippen molar-refractivity contribution < 1.29 is 0 Å². The van der Waals surface area contributed by atoms with Crippen molar-refractivity contribution in [1.29, 1.82) is 0 Å². The average Bonchev–Trinajstić information content (AvgIpc) is 1.93. The Kier molecular flexibility index (Phi) is 9.73. The van der Waals surface area contributed by atoms with Gasteiger partial charge >= 0.3 is 0 Å². The molecule has 0 fully saturated rings. The molecule has 0 bridgehead atoms. The Morgan fingerprint density at radius 2 is 0.765 bits per heavy atom. The molecule has 0 spiro atoms. The SMILES string of the molecule is CC(C)(C)c1ccc(N2c3ccc(C(C)(C)C)cc3B3c4c2cc(-c2nc(-n5c6ccccc6c6ccccc65)nc(-n5c6ccccc6c6ccccc65)n2)cc4-n2c4ccccc4c4c5c6ccccc6c6ccccc6c5cc3c42)cc1. The molecule has 4 aromatic heterocycles. The van der Waals surface area contributed by atoms with Crippen LogP contribution in [0.1, 0.15) is 52.7 Å². The Balaban J connectivity index is 1.02. The summed E-state index contributed by atoms with van der Waals surface area (Å²) < 4.78 is 7.07. The van der Waals surface area contributed by atoms with Gasteiger partial charge in [-0.2, -0.15) is 15.0 Å². The zero-order valence-electron chi connectivity index (χ0n) is 48.1. The highest BCUT2D eigenvalue weighted by Gasteiger charge is 2.44. The molecular formula is C77H56BN7. The minimum absolute atomic E-state index is 0.0339. The van der Waals surface area contributed by atoms with Gasteiger partial charge in [0.1, 0.15) is 0 Å². The number of rotatable bonds is 4. The zero-order chi connectivity index (χ0) is 56.8. The fourth-order valence-electron chi connectivity index (χ4n) is 14.9. The number of hydrogen-bond donors (Lipinski definition) is 0. The summed E-state index contributed by atoms with van der Waals surface area (Å²) in [6.45, 7) is 13.8. The molecule has 6 heterocycles. The standard InChI is InChI=1S/C77H56BN7/c1-76(2,3)46-35-38-48(39-36-46)82-66-40-37-47(77(4,5)6)43-59(66)78-60-44-58-51-23-8-7-21-49(51)50-22-9-10-28-56(50)69(58)70-57-29-15-20-34-65(57)83(72(60)70)68-42-45(41-67(82)71(68)78)73-79-74(84-61-30-16-11-24-52(61)53-25-12-17-31-62(53)84)81-75(80-73)85-63-32-18-13-26-54(63)55-27-14-19-33-64(55)85/h7-44H,1-6H3. The van der Waals surface area contributed by atoms with Gasteiger partial charge in [0.05, 0.1) is 33.1 Å². The summed E-state index contributed by atoms with van der Waals surface area (Å²) in [7, 11) is 0. The van der Waals surface area contributed by atoms with Crippen LogP contribution in [0, 0.1) is 0 Å². The topological polar surface area (TPSA) is 56.7 Å². The van der Waals surface area contributed by atoms with E-state index in [-0.39, 0.29) is 17.5 Å². The minimum atomic E-state index is -0.143. The number of hydrogen-bond acceptors (Lipinski definition) is 4. The summed E-state index contributed by atoms with van der Waals surface area (Å²) in [5.74, 6) is 1.66. The first kappa shape index (κ1) is 48.2. The second-order valence-electron chi connectivity index (χ2n) is 25.6. The highest BCUT2D eigenvalue weighted by molar-refractivity contribution is 7.00. The molecule has 18 rings (SSSR count). The van der Waals surface area contributed by atoms with Crippen molar-refractivity contribution in [2.45, 2.75) is 52.4 Å². The number of fused-ring (bicyclic) bond motifs is 20. The van der Waals surface area contributed by atoms with Crippen molar-refractivity contribution in [3.63, 3.8) is 0 Å². The molecule has 402 valence electrons. The lowest BCUT2D eigenvalue weighted by Gasteiger charge is -2.41. The largest absolute Gasteiger partial charge is 0.311 e. The van der Waals surface area contributed by atoms with Crippen LogP contribution in [-0.4, -0.2) is 35.4 Å². The quantitative estimate of drug-likeness (QED) is 0.130. The number of para-hydroxylation sites is 5. The fraction of sp³-hybridized carbons (Fsp3) is 0.104. The van der Waals surface area contributed by atoms with Crippen LogP contribution in [0.3, 0.4) is 0 Å². The second-order valence-corrected chi connectivity index (χ2v) is 25.6. The van der Waals surface area contributed by atoms with Crippen LogP contribution >= 0.6 is 0 Å².